The molecule has 0 aliphatic heterocycles. The van der Waals surface area contributed by atoms with Gasteiger partial charge in [-0.1, -0.05) is 12.1 Å². The van der Waals surface area contributed by atoms with E-state index < -0.39 is 0 Å². The molecule has 1 heterocycles. The van der Waals surface area contributed by atoms with Gasteiger partial charge in [0.2, 0.25) is 5.91 Å². The molecule has 3 heteroatoms. The molecule has 2 rings (SSSR count). The van der Waals surface area contributed by atoms with Crippen molar-refractivity contribution in [1.29, 1.82) is 0 Å². The molecule has 0 atom stereocenters. The molecular weight excluding hydrogens is 164 g/mol. The first-order chi connectivity index (χ1) is 6.20. The lowest BCUT2D eigenvalue weighted by atomic mass is 10.3. The molecule has 0 radical (unpaired) electrons. The van der Waals surface area contributed by atoms with E-state index in [0.717, 1.165) is 16.9 Å². The van der Waals surface area contributed by atoms with E-state index in [9.17, 15) is 4.79 Å². The van der Waals surface area contributed by atoms with Gasteiger partial charge in [0.15, 0.2) is 0 Å². The van der Waals surface area contributed by atoms with Crippen LogP contribution in [0, 0.1) is 6.92 Å². The lowest BCUT2D eigenvalue weighted by Crippen LogP contribution is -2.06. The number of aryl methyl sites for hydroxylation is 1. The Hall–Kier alpha value is -1.64. The molecule has 3 nitrogen and oxygen atoms in total. The maximum Gasteiger partial charge on any atom is 0.229 e. The van der Waals surface area contributed by atoms with Gasteiger partial charge in [0.1, 0.15) is 5.82 Å². The van der Waals surface area contributed by atoms with E-state index in [1.54, 1.807) is 11.5 Å². The Bertz CT molecular complexity index is 471. The Balaban J connectivity index is 2.86. The second kappa shape index (κ2) is 2.69. The summed E-state index contributed by atoms with van der Waals surface area (Å²) in [6.45, 7) is 3.38. The van der Waals surface area contributed by atoms with Gasteiger partial charge in [-0.25, -0.2) is 4.98 Å². The van der Waals surface area contributed by atoms with Crippen molar-refractivity contribution in [2.75, 3.05) is 0 Å². The second-order valence-electron chi connectivity index (χ2n) is 3.00. The van der Waals surface area contributed by atoms with Gasteiger partial charge >= 0.3 is 0 Å². The van der Waals surface area contributed by atoms with Gasteiger partial charge in [0, 0.05) is 6.92 Å². The Kier molecular flexibility index (Phi) is 1.65. The van der Waals surface area contributed by atoms with E-state index in [0.29, 0.717) is 0 Å². The Labute approximate surface area is 76.0 Å². The van der Waals surface area contributed by atoms with Crippen LogP contribution in [0.5, 0.6) is 0 Å². The lowest BCUT2D eigenvalue weighted by Gasteiger charge is -1.98. The van der Waals surface area contributed by atoms with Crippen LogP contribution in [0.15, 0.2) is 24.3 Å². The Morgan fingerprint density at radius 1 is 1.38 bits per heavy atom. The van der Waals surface area contributed by atoms with E-state index in [1.807, 2.05) is 31.2 Å². The summed E-state index contributed by atoms with van der Waals surface area (Å²) in [5.74, 6) is 0.750. The van der Waals surface area contributed by atoms with Crippen molar-refractivity contribution in [3.05, 3.63) is 30.1 Å². The molecule has 0 aliphatic rings. The summed E-state index contributed by atoms with van der Waals surface area (Å²) in [5, 5.41) is 0. The third kappa shape index (κ3) is 1.13. The number of aromatic nitrogens is 2. The zero-order valence-electron chi connectivity index (χ0n) is 7.61. The van der Waals surface area contributed by atoms with E-state index in [4.69, 9.17) is 0 Å². The minimum absolute atomic E-state index is 0.00574. The van der Waals surface area contributed by atoms with Crippen molar-refractivity contribution in [3.63, 3.8) is 0 Å². The molecule has 13 heavy (non-hydrogen) atoms. The number of benzene rings is 1. The molecule has 1 aromatic heterocycles. The third-order valence-corrected chi connectivity index (χ3v) is 2.04. The fraction of sp³-hybridized carbons (Fsp3) is 0.200. The molecule has 0 N–H and O–H groups in total. The first kappa shape index (κ1) is 7.98. The summed E-state index contributed by atoms with van der Waals surface area (Å²) in [6, 6.07) is 7.63. The van der Waals surface area contributed by atoms with E-state index in [2.05, 4.69) is 4.98 Å². The minimum atomic E-state index is 0.00574. The van der Waals surface area contributed by atoms with Gasteiger partial charge in [0.25, 0.3) is 0 Å². The molecule has 1 aromatic carbocycles. The van der Waals surface area contributed by atoms with Gasteiger partial charge in [0.05, 0.1) is 11.0 Å². The summed E-state index contributed by atoms with van der Waals surface area (Å²) in [6.07, 6.45) is 0. The van der Waals surface area contributed by atoms with Crippen LogP contribution < -0.4 is 0 Å². The summed E-state index contributed by atoms with van der Waals surface area (Å²) < 4.78 is 1.62. The molecule has 2 aromatic rings. The van der Waals surface area contributed by atoms with Crippen LogP contribution in [0.2, 0.25) is 0 Å². The first-order valence-corrected chi connectivity index (χ1v) is 4.15. The minimum Gasteiger partial charge on any atom is -0.274 e. The molecule has 0 unspecified atom stereocenters. The van der Waals surface area contributed by atoms with Gasteiger partial charge < -0.3 is 0 Å². The Morgan fingerprint density at radius 3 is 2.77 bits per heavy atom. The van der Waals surface area contributed by atoms with Crippen molar-refractivity contribution in [1.82, 2.24) is 9.55 Å². The van der Waals surface area contributed by atoms with Crippen molar-refractivity contribution < 1.29 is 4.79 Å². The highest BCUT2D eigenvalue weighted by atomic mass is 16.1. The van der Waals surface area contributed by atoms with Crippen molar-refractivity contribution in [3.8, 4) is 0 Å². The zero-order valence-corrected chi connectivity index (χ0v) is 7.61. The average Bonchev–Trinajstić information content (AvgIpc) is 2.39. The molecule has 0 aliphatic carbocycles. The summed E-state index contributed by atoms with van der Waals surface area (Å²) in [5.41, 5.74) is 1.75. The average molecular weight is 174 g/mol. The van der Waals surface area contributed by atoms with Gasteiger partial charge in [-0.15, -0.1) is 0 Å². The maximum atomic E-state index is 11.3. The van der Waals surface area contributed by atoms with Gasteiger partial charge in [-0.2, -0.15) is 0 Å². The number of hydrogen-bond donors (Lipinski definition) is 0. The largest absolute Gasteiger partial charge is 0.274 e. The molecule has 0 saturated heterocycles. The highest BCUT2D eigenvalue weighted by molar-refractivity contribution is 5.89. The molecule has 0 spiro atoms. The van der Waals surface area contributed by atoms with Crippen LogP contribution >= 0.6 is 0 Å². The van der Waals surface area contributed by atoms with Crippen LogP contribution in [0.25, 0.3) is 11.0 Å². The quantitative estimate of drug-likeness (QED) is 0.612. The lowest BCUT2D eigenvalue weighted by molar-refractivity contribution is 0.0939. The van der Waals surface area contributed by atoms with Crippen molar-refractivity contribution in [2.45, 2.75) is 13.8 Å². The SMILES string of the molecule is CC(=O)n1c(C)nc2ccccc21. The zero-order chi connectivity index (χ0) is 9.42. The number of para-hydroxylation sites is 2. The van der Waals surface area contributed by atoms with E-state index in [-0.39, 0.29) is 5.91 Å². The standard InChI is InChI=1S/C10H10N2O/c1-7-11-9-5-3-4-6-10(9)12(7)8(2)13/h3-6H,1-2H3. The molecule has 0 saturated carbocycles. The number of hydrogen-bond acceptors (Lipinski definition) is 2. The van der Waals surface area contributed by atoms with E-state index >= 15 is 0 Å². The second-order valence-corrected chi connectivity index (χ2v) is 3.00. The highest BCUT2D eigenvalue weighted by Crippen LogP contribution is 2.14. The van der Waals surface area contributed by atoms with Gasteiger partial charge in [-0.05, 0) is 19.1 Å². The summed E-state index contributed by atoms with van der Waals surface area (Å²) >= 11 is 0. The number of imidazole rings is 1. The number of nitrogens with zero attached hydrogens (tertiary/aromatic N) is 2. The van der Waals surface area contributed by atoms with Crippen LogP contribution in [-0.2, 0) is 0 Å². The van der Waals surface area contributed by atoms with Crippen LogP contribution in [-0.4, -0.2) is 15.5 Å². The molecular formula is C10H10N2O. The van der Waals surface area contributed by atoms with Crippen LogP contribution in [0.4, 0.5) is 0 Å². The number of carbonyl (C=O) groups is 1. The fourth-order valence-corrected chi connectivity index (χ4v) is 1.54. The molecule has 66 valence electrons. The predicted molar refractivity (Wildman–Crippen MR) is 50.8 cm³/mol. The third-order valence-electron chi connectivity index (χ3n) is 2.04. The molecule has 0 amide bonds. The van der Waals surface area contributed by atoms with Crippen molar-refractivity contribution in [2.24, 2.45) is 0 Å². The van der Waals surface area contributed by atoms with Crippen molar-refractivity contribution >= 4 is 16.9 Å². The first-order valence-electron chi connectivity index (χ1n) is 4.15. The van der Waals surface area contributed by atoms with Crippen LogP contribution in [0.1, 0.15) is 17.5 Å². The number of fused-ring (bicyclic) bond motifs is 1. The number of carbonyl (C=O) groups excluding carboxylic acids is 1. The Morgan fingerprint density at radius 2 is 2.08 bits per heavy atom. The topological polar surface area (TPSA) is 34.9 Å². The monoisotopic (exact) mass is 174 g/mol. The normalized spacial score (nSPS) is 10.6. The predicted octanol–water partition coefficient (Wildman–Crippen LogP) is 2.00. The summed E-state index contributed by atoms with van der Waals surface area (Å²) in [4.78, 5) is 15.5. The smallest absolute Gasteiger partial charge is 0.229 e. The van der Waals surface area contributed by atoms with E-state index in [1.165, 1.54) is 0 Å². The highest BCUT2D eigenvalue weighted by Gasteiger charge is 2.08. The molecule has 0 fully saturated rings. The summed E-state index contributed by atoms with van der Waals surface area (Å²) in [7, 11) is 0. The number of rotatable bonds is 0. The maximum absolute atomic E-state index is 11.3. The van der Waals surface area contributed by atoms with Gasteiger partial charge in [-0.3, -0.25) is 9.36 Å². The molecule has 0 bridgehead atoms. The van der Waals surface area contributed by atoms with Crippen LogP contribution in [0.3, 0.4) is 0 Å². The fourth-order valence-electron chi connectivity index (χ4n) is 1.54.